The monoisotopic (exact) mass is 259 g/mol. The van der Waals surface area contributed by atoms with E-state index >= 15 is 0 Å². The Morgan fingerprint density at radius 2 is 2.28 bits per heavy atom. The molecule has 18 heavy (non-hydrogen) atoms. The van der Waals surface area contributed by atoms with Crippen LogP contribution in [0.25, 0.3) is 0 Å². The van der Waals surface area contributed by atoms with E-state index < -0.39 is 0 Å². The molecule has 2 heterocycles. The van der Waals surface area contributed by atoms with Crippen molar-refractivity contribution < 1.29 is 0 Å². The van der Waals surface area contributed by atoms with Crippen LogP contribution in [0, 0.1) is 11.3 Å². The Morgan fingerprint density at radius 1 is 1.44 bits per heavy atom. The SMILES string of the molecule is N#Cc1ncn(Cc2csc(C3CCCC3)n2)n1. The summed E-state index contributed by atoms with van der Waals surface area (Å²) in [6, 6.07) is 1.92. The largest absolute Gasteiger partial charge is 0.252 e. The Bertz CT molecular complexity index is 573. The maximum absolute atomic E-state index is 8.66. The Morgan fingerprint density at radius 3 is 3.00 bits per heavy atom. The highest BCUT2D eigenvalue weighted by Gasteiger charge is 2.20. The smallest absolute Gasteiger partial charge is 0.246 e. The zero-order chi connectivity index (χ0) is 12.4. The lowest BCUT2D eigenvalue weighted by atomic mass is 10.1. The third-order valence-corrected chi connectivity index (χ3v) is 4.29. The van der Waals surface area contributed by atoms with Crippen LogP contribution < -0.4 is 0 Å². The Kier molecular flexibility index (Phi) is 3.07. The van der Waals surface area contributed by atoms with Gasteiger partial charge in [-0.15, -0.1) is 16.4 Å². The van der Waals surface area contributed by atoms with Gasteiger partial charge in [0.25, 0.3) is 5.82 Å². The molecule has 0 radical (unpaired) electrons. The molecule has 3 rings (SSSR count). The first-order valence-corrected chi connectivity index (χ1v) is 6.97. The van der Waals surface area contributed by atoms with Gasteiger partial charge in [-0.1, -0.05) is 12.8 Å². The molecule has 0 aliphatic heterocycles. The molecule has 2 aromatic rings. The lowest BCUT2D eigenvalue weighted by molar-refractivity contribution is 0.659. The fourth-order valence-electron chi connectivity index (χ4n) is 2.34. The van der Waals surface area contributed by atoms with E-state index in [0.29, 0.717) is 12.5 Å². The molecule has 2 aromatic heterocycles. The van der Waals surface area contributed by atoms with Crippen molar-refractivity contribution in [3.05, 3.63) is 28.2 Å². The maximum Gasteiger partial charge on any atom is 0.252 e. The van der Waals surface area contributed by atoms with Gasteiger partial charge >= 0.3 is 0 Å². The molecule has 0 unspecified atom stereocenters. The first kappa shape index (κ1) is 11.4. The molecule has 0 N–H and O–H groups in total. The molecule has 92 valence electrons. The minimum Gasteiger partial charge on any atom is -0.246 e. The van der Waals surface area contributed by atoms with Gasteiger partial charge in [0.05, 0.1) is 17.2 Å². The van der Waals surface area contributed by atoms with Crippen molar-refractivity contribution in [3.63, 3.8) is 0 Å². The van der Waals surface area contributed by atoms with Crippen LogP contribution >= 0.6 is 11.3 Å². The molecule has 1 aliphatic carbocycles. The standard InChI is InChI=1S/C12H13N5S/c13-5-11-14-8-17(16-11)6-10-7-18-12(15-10)9-3-1-2-4-9/h7-9H,1-4,6H2. The molecule has 0 atom stereocenters. The summed E-state index contributed by atoms with van der Waals surface area (Å²) in [5.41, 5.74) is 1.01. The molecule has 0 bridgehead atoms. The molecule has 0 amide bonds. The van der Waals surface area contributed by atoms with Crippen molar-refractivity contribution in [1.82, 2.24) is 19.7 Å². The zero-order valence-electron chi connectivity index (χ0n) is 9.91. The van der Waals surface area contributed by atoms with Gasteiger partial charge in [-0.25, -0.2) is 14.6 Å². The third-order valence-electron chi connectivity index (χ3n) is 3.23. The normalized spacial score (nSPS) is 15.9. The number of rotatable bonds is 3. The van der Waals surface area contributed by atoms with Crippen molar-refractivity contribution >= 4 is 11.3 Å². The summed E-state index contributed by atoms with van der Waals surface area (Å²) in [7, 11) is 0. The summed E-state index contributed by atoms with van der Waals surface area (Å²) in [5, 5.41) is 16.0. The van der Waals surface area contributed by atoms with E-state index in [1.807, 2.05) is 6.07 Å². The molecule has 0 aromatic carbocycles. The summed E-state index contributed by atoms with van der Waals surface area (Å²) >= 11 is 1.74. The molecule has 0 saturated heterocycles. The predicted molar refractivity (Wildman–Crippen MR) is 67.2 cm³/mol. The van der Waals surface area contributed by atoms with Crippen LogP contribution in [0.2, 0.25) is 0 Å². The number of aromatic nitrogens is 4. The van der Waals surface area contributed by atoms with E-state index in [1.54, 1.807) is 22.3 Å². The second-order valence-corrected chi connectivity index (χ2v) is 5.43. The van der Waals surface area contributed by atoms with Gasteiger partial charge in [0, 0.05) is 11.3 Å². The van der Waals surface area contributed by atoms with Crippen LogP contribution in [0.5, 0.6) is 0 Å². The Balaban J connectivity index is 1.71. The number of thiazole rings is 1. The fourth-order valence-corrected chi connectivity index (χ4v) is 3.33. The van der Waals surface area contributed by atoms with E-state index in [1.165, 1.54) is 30.7 Å². The topological polar surface area (TPSA) is 67.4 Å². The third kappa shape index (κ3) is 2.27. The van der Waals surface area contributed by atoms with Gasteiger partial charge in [0.2, 0.25) is 0 Å². The van der Waals surface area contributed by atoms with Crippen LogP contribution in [0.3, 0.4) is 0 Å². The zero-order valence-corrected chi connectivity index (χ0v) is 10.7. The number of hydrogen-bond acceptors (Lipinski definition) is 5. The van der Waals surface area contributed by atoms with Crippen LogP contribution in [0.15, 0.2) is 11.7 Å². The summed E-state index contributed by atoms with van der Waals surface area (Å²) in [6.07, 6.45) is 6.78. The van der Waals surface area contributed by atoms with Gasteiger partial charge < -0.3 is 0 Å². The van der Waals surface area contributed by atoms with Gasteiger partial charge in [0.15, 0.2) is 0 Å². The molecular weight excluding hydrogens is 246 g/mol. The second-order valence-electron chi connectivity index (χ2n) is 4.54. The highest BCUT2D eigenvalue weighted by molar-refractivity contribution is 7.09. The van der Waals surface area contributed by atoms with Crippen LogP contribution in [-0.4, -0.2) is 19.7 Å². The van der Waals surface area contributed by atoms with E-state index in [-0.39, 0.29) is 5.82 Å². The molecule has 1 aliphatic rings. The second kappa shape index (κ2) is 4.86. The summed E-state index contributed by atoms with van der Waals surface area (Å²) in [5.74, 6) is 0.871. The molecule has 6 heteroatoms. The van der Waals surface area contributed by atoms with E-state index in [4.69, 9.17) is 5.26 Å². The fraction of sp³-hybridized carbons (Fsp3) is 0.500. The first-order valence-electron chi connectivity index (χ1n) is 6.09. The van der Waals surface area contributed by atoms with Crippen molar-refractivity contribution in [3.8, 4) is 6.07 Å². The average Bonchev–Trinajstić information content (AvgIpc) is 3.10. The average molecular weight is 259 g/mol. The Hall–Kier alpha value is -1.74. The molecule has 1 fully saturated rings. The van der Waals surface area contributed by atoms with Crippen molar-refractivity contribution in [1.29, 1.82) is 5.26 Å². The molecule has 5 nitrogen and oxygen atoms in total. The van der Waals surface area contributed by atoms with Crippen LogP contribution in [0.1, 0.15) is 48.1 Å². The quantitative estimate of drug-likeness (QED) is 0.848. The maximum atomic E-state index is 8.66. The van der Waals surface area contributed by atoms with Crippen molar-refractivity contribution in [2.45, 2.75) is 38.1 Å². The van der Waals surface area contributed by atoms with Crippen LogP contribution in [-0.2, 0) is 6.54 Å². The first-order chi connectivity index (χ1) is 8.85. The van der Waals surface area contributed by atoms with E-state index in [0.717, 1.165) is 5.69 Å². The predicted octanol–water partition coefficient (Wildman–Crippen LogP) is 2.31. The van der Waals surface area contributed by atoms with E-state index in [9.17, 15) is 0 Å². The summed E-state index contributed by atoms with van der Waals surface area (Å²) < 4.78 is 1.66. The minimum absolute atomic E-state index is 0.209. The van der Waals surface area contributed by atoms with Gasteiger partial charge in [-0.05, 0) is 12.8 Å². The number of hydrogen-bond donors (Lipinski definition) is 0. The Labute approximate surface area is 109 Å². The summed E-state index contributed by atoms with van der Waals surface area (Å²) in [4.78, 5) is 8.55. The highest BCUT2D eigenvalue weighted by atomic mass is 32.1. The van der Waals surface area contributed by atoms with Crippen LogP contribution in [0.4, 0.5) is 0 Å². The van der Waals surface area contributed by atoms with Gasteiger partial charge in [0.1, 0.15) is 12.4 Å². The van der Waals surface area contributed by atoms with Crippen molar-refractivity contribution in [2.75, 3.05) is 0 Å². The number of nitriles is 1. The lowest BCUT2D eigenvalue weighted by Gasteiger charge is -2.02. The highest BCUT2D eigenvalue weighted by Crippen LogP contribution is 2.35. The molecule has 1 saturated carbocycles. The van der Waals surface area contributed by atoms with E-state index in [2.05, 4.69) is 20.4 Å². The van der Waals surface area contributed by atoms with Crippen molar-refractivity contribution in [2.24, 2.45) is 0 Å². The minimum atomic E-state index is 0.209. The molecular formula is C12H13N5S. The molecule has 0 spiro atoms. The summed E-state index contributed by atoms with van der Waals surface area (Å²) in [6.45, 7) is 0.595. The van der Waals surface area contributed by atoms with Gasteiger partial charge in [-0.3, -0.25) is 0 Å². The number of nitrogens with zero attached hydrogens (tertiary/aromatic N) is 5. The lowest BCUT2D eigenvalue weighted by Crippen LogP contribution is -2.01. The van der Waals surface area contributed by atoms with Gasteiger partial charge in [-0.2, -0.15) is 5.26 Å².